The average Bonchev–Trinajstić information content (AvgIpc) is 2.61. The van der Waals surface area contributed by atoms with Crippen LogP contribution in [0.15, 0.2) is 34.2 Å². The van der Waals surface area contributed by atoms with Crippen LogP contribution in [0.2, 0.25) is 0 Å². The van der Waals surface area contributed by atoms with Crippen LogP contribution in [-0.4, -0.2) is 71.6 Å². The highest BCUT2D eigenvalue weighted by atomic mass is 32.2. The van der Waals surface area contributed by atoms with Gasteiger partial charge in [-0.3, -0.25) is 9.79 Å². The molecule has 3 N–H and O–H groups in total. The van der Waals surface area contributed by atoms with Gasteiger partial charge in [-0.2, -0.15) is 0 Å². The lowest BCUT2D eigenvalue weighted by molar-refractivity contribution is -0.122. The molecule has 0 bridgehead atoms. The smallest absolute Gasteiger partial charge is 0.240 e. The number of hydrogen-bond acceptors (Lipinski definition) is 5. The molecule has 10 heteroatoms. The van der Waals surface area contributed by atoms with Gasteiger partial charge in [-0.15, -0.1) is 0 Å². The molecule has 29 heavy (non-hydrogen) atoms. The van der Waals surface area contributed by atoms with Crippen molar-refractivity contribution in [2.75, 3.05) is 40.9 Å². The number of likely N-dealkylation sites (N-methyl/N-ethyl adjacent to an activating group) is 1. The zero-order chi connectivity index (χ0) is 22.1. The maximum atomic E-state index is 12.3. The fraction of sp³-hybridized carbons (Fsp3) is 0.579. The third-order valence-corrected chi connectivity index (χ3v) is 5.18. The van der Waals surface area contributed by atoms with Crippen LogP contribution in [0.25, 0.3) is 0 Å². The maximum Gasteiger partial charge on any atom is 0.240 e. The predicted molar refractivity (Wildman–Crippen MR) is 114 cm³/mol. The molecular formula is C19H33N5O4S. The van der Waals surface area contributed by atoms with Crippen molar-refractivity contribution < 1.29 is 17.9 Å². The largest absolute Gasteiger partial charge is 0.383 e. The lowest BCUT2D eigenvalue weighted by Crippen LogP contribution is -2.48. The van der Waals surface area contributed by atoms with Gasteiger partial charge in [-0.05, 0) is 38.5 Å². The van der Waals surface area contributed by atoms with E-state index in [-0.39, 0.29) is 29.4 Å². The Hall–Kier alpha value is -2.17. The van der Waals surface area contributed by atoms with E-state index in [1.165, 1.54) is 13.2 Å². The van der Waals surface area contributed by atoms with E-state index in [0.29, 0.717) is 19.1 Å². The summed E-state index contributed by atoms with van der Waals surface area (Å²) in [5.41, 5.74) is 0.464. The fourth-order valence-electron chi connectivity index (χ4n) is 2.50. The summed E-state index contributed by atoms with van der Waals surface area (Å²) in [6.45, 7) is 6.77. The van der Waals surface area contributed by atoms with Gasteiger partial charge in [-0.25, -0.2) is 13.1 Å². The van der Waals surface area contributed by atoms with Gasteiger partial charge in [0.1, 0.15) is 0 Å². The van der Waals surface area contributed by atoms with Crippen molar-refractivity contribution in [3.8, 4) is 0 Å². The van der Waals surface area contributed by atoms with Crippen LogP contribution < -0.4 is 15.4 Å². The second kappa shape index (κ2) is 11.1. The molecule has 0 atom stereocenters. The molecule has 0 aromatic heterocycles. The standard InChI is InChI=1S/C19H33N5O4S/c1-19(2,3)23-17(25)14-24(5)18(20-4)21-13-15-8-7-9-16(12-15)29(26,27)22-10-11-28-6/h7-9,12,22H,10-11,13-14H2,1-6H3,(H,20,21)(H,23,25). The summed E-state index contributed by atoms with van der Waals surface area (Å²) in [4.78, 5) is 18.2. The van der Waals surface area contributed by atoms with Crippen molar-refractivity contribution in [3.05, 3.63) is 29.8 Å². The molecule has 1 rings (SSSR count). The second-order valence-corrected chi connectivity index (χ2v) is 9.36. The number of guanidine groups is 1. The molecule has 0 saturated carbocycles. The van der Waals surface area contributed by atoms with E-state index in [9.17, 15) is 13.2 Å². The first-order valence-corrected chi connectivity index (χ1v) is 10.8. The molecule has 1 aromatic rings. The van der Waals surface area contributed by atoms with Gasteiger partial charge in [0.15, 0.2) is 5.96 Å². The summed E-state index contributed by atoms with van der Waals surface area (Å²) < 4.78 is 32.0. The Morgan fingerprint density at radius 3 is 2.55 bits per heavy atom. The van der Waals surface area contributed by atoms with E-state index in [4.69, 9.17) is 4.74 Å². The molecule has 1 amide bonds. The summed E-state index contributed by atoms with van der Waals surface area (Å²) in [5.74, 6) is 0.415. The molecule has 9 nitrogen and oxygen atoms in total. The Labute approximate surface area is 174 Å². The van der Waals surface area contributed by atoms with Crippen LogP contribution in [0.3, 0.4) is 0 Å². The van der Waals surface area contributed by atoms with E-state index in [1.807, 2.05) is 26.8 Å². The van der Waals surface area contributed by atoms with Gasteiger partial charge in [0.2, 0.25) is 15.9 Å². The number of nitrogens with one attached hydrogen (secondary N) is 3. The normalized spacial score (nSPS) is 12.6. The zero-order valence-corrected chi connectivity index (χ0v) is 18.9. The number of carbonyl (C=O) groups excluding carboxylic acids is 1. The molecule has 164 valence electrons. The van der Waals surface area contributed by atoms with E-state index < -0.39 is 10.0 Å². The Balaban J connectivity index is 2.72. The molecule has 0 aliphatic heterocycles. The van der Waals surface area contributed by atoms with Crippen LogP contribution in [0, 0.1) is 0 Å². The fourth-order valence-corrected chi connectivity index (χ4v) is 3.58. The maximum absolute atomic E-state index is 12.3. The van der Waals surface area contributed by atoms with Crippen molar-refractivity contribution in [2.24, 2.45) is 4.99 Å². The van der Waals surface area contributed by atoms with Crippen LogP contribution in [0.4, 0.5) is 0 Å². The van der Waals surface area contributed by atoms with Crippen molar-refractivity contribution in [1.29, 1.82) is 0 Å². The van der Waals surface area contributed by atoms with Crippen molar-refractivity contribution >= 4 is 21.9 Å². The highest BCUT2D eigenvalue weighted by molar-refractivity contribution is 7.89. The first-order valence-electron chi connectivity index (χ1n) is 9.29. The third-order valence-electron chi connectivity index (χ3n) is 3.73. The summed E-state index contributed by atoms with van der Waals surface area (Å²) in [5, 5.41) is 6.05. The second-order valence-electron chi connectivity index (χ2n) is 7.59. The number of aliphatic imine (C=N–C) groups is 1. The molecule has 0 aliphatic rings. The third kappa shape index (κ3) is 9.25. The van der Waals surface area contributed by atoms with Gasteiger partial charge in [0, 0.05) is 39.8 Å². The van der Waals surface area contributed by atoms with Gasteiger partial charge in [-0.1, -0.05) is 12.1 Å². The van der Waals surface area contributed by atoms with Crippen LogP contribution in [0.1, 0.15) is 26.3 Å². The summed E-state index contributed by atoms with van der Waals surface area (Å²) >= 11 is 0. The van der Waals surface area contributed by atoms with Crippen molar-refractivity contribution in [3.63, 3.8) is 0 Å². The van der Waals surface area contributed by atoms with E-state index >= 15 is 0 Å². The number of carbonyl (C=O) groups is 1. The number of sulfonamides is 1. The summed E-state index contributed by atoms with van der Waals surface area (Å²) in [6, 6.07) is 6.64. The van der Waals surface area contributed by atoms with Crippen LogP contribution in [0.5, 0.6) is 0 Å². The Morgan fingerprint density at radius 2 is 1.97 bits per heavy atom. The predicted octanol–water partition coefficient (Wildman–Crippen LogP) is 0.533. The molecule has 0 fully saturated rings. The van der Waals surface area contributed by atoms with Gasteiger partial charge >= 0.3 is 0 Å². The summed E-state index contributed by atoms with van der Waals surface area (Å²) in [7, 11) is 1.30. The van der Waals surface area contributed by atoms with E-state index in [1.54, 1.807) is 31.1 Å². The van der Waals surface area contributed by atoms with E-state index in [0.717, 1.165) is 5.56 Å². The molecule has 0 heterocycles. The lowest BCUT2D eigenvalue weighted by Gasteiger charge is -2.25. The Bertz CT molecular complexity index is 803. The van der Waals surface area contributed by atoms with Gasteiger partial charge in [0.05, 0.1) is 18.0 Å². The molecule has 0 radical (unpaired) electrons. The molecule has 0 aliphatic carbocycles. The SMILES string of the molecule is CN=C(NCc1cccc(S(=O)(=O)NCCOC)c1)N(C)CC(=O)NC(C)(C)C. The quantitative estimate of drug-likeness (QED) is 0.301. The first-order chi connectivity index (χ1) is 13.5. The van der Waals surface area contributed by atoms with Crippen molar-refractivity contribution in [1.82, 2.24) is 20.3 Å². The van der Waals surface area contributed by atoms with Crippen LogP contribution >= 0.6 is 0 Å². The topological polar surface area (TPSA) is 112 Å². The average molecular weight is 428 g/mol. The Kier molecular flexibility index (Phi) is 9.54. The molecule has 0 spiro atoms. The number of benzene rings is 1. The minimum atomic E-state index is -3.60. The summed E-state index contributed by atoms with van der Waals surface area (Å²) in [6.07, 6.45) is 0. The molecule has 1 aromatic carbocycles. The van der Waals surface area contributed by atoms with Crippen molar-refractivity contribution in [2.45, 2.75) is 37.8 Å². The Morgan fingerprint density at radius 1 is 1.28 bits per heavy atom. The number of amides is 1. The lowest BCUT2D eigenvalue weighted by atomic mass is 10.1. The van der Waals surface area contributed by atoms with Gasteiger partial charge in [0.25, 0.3) is 0 Å². The monoisotopic (exact) mass is 427 g/mol. The van der Waals surface area contributed by atoms with Crippen LogP contribution in [-0.2, 0) is 26.1 Å². The van der Waals surface area contributed by atoms with Gasteiger partial charge < -0.3 is 20.3 Å². The minimum Gasteiger partial charge on any atom is -0.383 e. The number of methoxy groups -OCH3 is 1. The number of nitrogens with zero attached hydrogens (tertiary/aromatic N) is 2. The minimum absolute atomic E-state index is 0.113. The molecule has 0 unspecified atom stereocenters. The highest BCUT2D eigenvalue weighted by Gasteiger charge is 2.17. The highest BCUT2D eigenvalue weighted by Crippen LogP contribution is 2.11. The number of rotatable bonds is 9. The molecule has 0 saturated heterocycles. The number of hydrogen-bond donors (Lipinski definition) is 3. The zero-order valence-electron chi connectivity index (χ0n) is 18.1. The number of ether oxygens (including phenoxy) is 1. The van der Waals surface area contributed by atoms with E-state index in [2.05, 4.69) is 20.3 Å². The molecular weight excluding hydrogens is 394 g/mol. The first kappa shape index (κ1) is 24.9.